The minimum absolute atomic E-state index is 0.269. The molecule has 36 heavy (non-hydrogen) atoms. The summed E-state index contributed by atoms with van der Waals surface area (Å²) in [5.74, 6) is -0.747. The first-order valence-electron chi connectivity index (χ1n) is 11.3. The van der Waals surface area contributed by atoms with Gasteiger partial charge in [-0.25, -0.2) is 9.78 Å². The molecular formula is C28H23BrN4O3. The van der Waals surface area contributed by atoms with Crippen LogP contribution in [0.2, 0.25) is 0 Å². The number of aromatic amines is 1. The molecule has 4 N–H and O–H groups in total. The number of nitrogens with one attached hydrogen (secondary N) is 2. The molecule has 5 aromatic rings. The molecule has 0 saturated carbocycles. The van der Waals surface area contributed by atoms with Crippen LogP contribution in [0.4, 0.5) is 0 Å². The molecule has 0 unspecified atom stereocenters. The van der Waals surface area contributed by atoms with E-state index in [0.29, 0.717) is 40.8 Å². The molecule has 0 aliphatic rings. The number of hydrogen-bond acceptors (Lipinski definition) is 5. The maximum atomic E-state index is 13.5. The third kappa shape index (κ3) is 4.60. The van der Waals surface area contributed by atoms with Crippen LogP contribution in [-0.4, -0.2) is 29.0 Å². The fourth-order valence-corrected chi connectivity index (χ4v) is 4.53. The molecule has 0 aliphatic carbocycles. The van der Waals surface area contributed by atoms with Crippen LogP contribution in [0.5, 0.6) is 0 Å². The molecule has 1 amide bonds. The first-order chi connectivity index (χ1) is 17.5. The first-order valence-corrected chi connectivity index (χ1v) is 12.1. The van der Waals surface area contributed by atoms with Gasteiger partial charge in [0.25, 0.3) is 5.91 Å². The zero-order valence-electron chi connectivity index (χ0n) is 19.5. The maximum absolute atomic E-state index is 13.5. The third-order valence-corrected chi connectivity index (χ3v) is 6.60. The fraction of sp³-hybridized carbons (Fsp3) is 0.107. The van der Waals surface area contributed by atoms with Gasteiger partial charge in [-0.2, -0.15) is 0 Å². The van der Waals surface area contributed by atoms with E-state index in [4.69, 9.17) is 15.5 Å². The van der Waals surface area contributed by atoms with Crippen LogP contribution in [0.15, 0.2) is 77.4 Å². The summed E-state index contributed by atoms with van der Waals surface area (Å²) in [7, 11) is 1.33. The number of pyridine rings is 1. The second kappa shape index (κ2) is 9.93. The van der Waals surface area contributed by atoms with Gasteiger partial charge in [-0.05, 0) is 53.6 Å². The summed E-state index contributed by atoms with van der Waals surface area (Å²) in [5.41, 5.74) is 11.5. The predicted molar refractivity (Wildman–Crippen MR) is 144 cm³/mol. The molecule has 5 rings (SSSR count). The number of benzene rings is 3. The number of nitrogens with two attached hydrogens (primary N) is 1. The Morgan fingerprint density at radius 3 is 2.53 bits per heavy atom. The lowest BCUT2D eigenvalue weighted by molar-refractivity contribution is 0.0600. The second-order valence-electron chi connectivity index (χ2n) is 8.37. The third-order valence-electron chi connectivity index (χ3n) is 6.11. The Hall–Kier alpha value is -4.01. The molecule has 0 bridgehead atoms. The van der Waals surface area contributed by atoms with Crippen molar-refractivity contribution in [2.75, 3.05) is 7.11 Å². The van der Waals surface area contributed by atoms with Crippen molar-refractivity contribution in [3.05, 3.63) is 99.7 Å². The molecular weight excluding hydrogens is 520 g/mol. The van der Waals surface area contributed by atoms with Crippen LogP contribution in [0.3, 0.4) is 0 Å². The summed E-state index contributed by atoms with van der Waals surface area (Å²) < 4.78 is 5.82. The molecule has 2 heterocycles. The van der Waals surface area contributed by atoms with Crippen molar-refractivity contribution in [3.63, 3.8) is 0 Å². The number of H-pyrrole nitrogens is 1. The van der Waals surface area contributed by atoms with Gasteiger partial charge in [0.15, 0.2) is 0 Å². The van der Waals surface area contributed by atoms with Gasteiger partial charge in [0, 0.05) is 45.6 Å². The Morgan fingerprint density at radius 1 is 1.00 bits per heavy atom. The molecule has 7 nitrogen and oxygen atoms in total. The van der Waals surface area contributed by atoms with Crippen LogP contribution in [-0.2, 0) is 17.8 Å². The molecule has 0 aliphatic heterocycles. The lowest BCUT2D eigenvalue weighted by Gasteiger charge is -2.12. The normalized spacial score (nSPS) is 11.1. The number of hydrogen-bond donors (Lipinski definition) is 3. The topological polar surface area (TPSA) is 110 Å². The fourth-order valence-electron chi connectivity index (χ4n) is 4.17. The van der Waals surface area contributed by atoms with Gasteiger partial charge in [0.1, 0.15) is 0 Å². The lowest BCUT2D eigenvalue weighted by Crippen LogP contribution is -2.23. The number of methoxy groups -OCH3 is 1. The molecule has 0 radical (unpaired) electrons. The number of ether oxygens (including phenoxy) is 1. The highest BCUT2D eigenvalue weighted by Gasteiger charge is 2.18. The predicted octanol–water partition coefficient (Wildman–Crippen LogP) is 5.32. The van der Waals surface area contributed by atoms with Crippen molar-refractivity contribution in [1.82, 2.24) is 15.3 Å². The summed E-state index contributed by atoms with van der Waals surface area (Å²) >= 11 is 3.53. The molecule has 2 aromatic heterocycles. The van der Waals surface area contributed by atoms with Crippen LogP contribution in [0.25, 0.3) is 33.1 Å². The smallest absolute Gasteiger partial charge is 0.337 e. The quantitative estimate of drug-likeness (QED) is 0.251. The Morgan fingerprint density at radius 2 is 1.78 bits per heavy atom. The van der Waals surface area contributed by atoms with Gasteiger partial charge in [0.2, 0.25) is 0 Å². The van der Waals surface area contributed by atoms with Gasteiger partial charge in [-0.15, -0.1) is 0 Å². The average molecular weight is 543 g/mol. The van der Waals surface area contributed by atoms with Crippen LogP contribution >= 0.6 is 15.9 Å². The van der Waals surface area contributed by atoms with Gasteiger partial charge < -0.3 is 20.8 Å². The Bertz CT molecular complexity index is 1610. The van der Waals surface area contributed by atoms with Gasteiger partial charge in [0.05, 0.1) is 29.4 Å². The molecule has 3 aromatic carbocycles. The number of carbonyl (C=O) groups excluding carboxylic acids is 2. The minimum Gasteiger partial charge on any atom is -0.465 e. The molecule has 0 fully saturated rings. The molecule has 0 saturated heterocycles. The Labute approximate surface area is 215 Å². The van der Waals surface area contributed by atoms with E-state index in [2.05, 4.69) is 26.2 Å². The number of nitrogens with zero attached hydrogens (tertiary/aromatic N) is 1. The summed E-state index contributed by atoms with van der Waals surface area (Å²) in [4.78, 5) is 33.7. The highest BCUT2D eigenvalue weighted by Crippen LogP contribution is 2.32. The van der Waals surface area contributed by atoms with E-state index in [1.807, 2.05) is 48.7 Å². The largest absolute Gasteiger partial charge is 0.465 e. The number of rotatable bonds is 6. The van der Waals surface area contributed by atoms with Crippen molar-refractivity contribution in [1.29, 1.82) is 0 Å². The van der Waals surface area contributed by atoms with Crippen LogP contribution in [0, 0.1) is 0 Å². The average Bonchev–Trinajstić information content (AvgIpc) is 3.33. The number of halogens is 1. The van der Waals surface area contributed by atoms with Gasteiger partial charge in [-0.3, -0.25) is 4.79 Å². The van der Waals surface area contributed by atoms with E-state index >= 15 is 0 Å². The standard InChI is InChI=1S/C28H23BrN4O3/c1-36-28(35)18-6-8-25-20(10-18)22(27(34)32-14-17-4-2-16(13-30)3-5-17)12-26(33-25)23-15-31-24-9-7-19(29)11-21(23)24/h2-12,15,31H,13-14,30H2,1H3,(H,32,34). The molecule has 180 valence electrons. The van der Waals surface area contributed by atoms with Crippen molar-refractivity contribution in [3.8, 4) is 11.3 Å². The second-order valence-corrected chi connectivity index (χ2v) is 9.29. The van der Waals surface area contributed by atoms with Crippen LogP contribution < -0.4 is 11.1 Å². The monoisotopic (exact) mass is 542 g/mol. The number of amides is 1. The van der Waals surface area contributed by atoms with Gasteiger partial charge in [-0.1, -0.05) is 40.2 Å². The van der Waals surface area contributed by atoms with E-state index < -0.39 is 5.97 Å². The van der Waals surface area contributed by atoms with E-state index in [9.17, 15) is 9.59 Å². The first kappa shape index (κ1) is 23.7. The number of aromatic nitrogens is 2. The van der Waals surface area contributed by atoms with Crippen molar-refractivity contribution in [2.24, 2.45) is 5.73 Å². The summed E-state index contributed by atoms with van der Waals surface area (Å²) in [6.45, 7) is 0.810. The SMILES string of the molecule is COC(=O)c1ccc2nc(-c3c[nH]c4ccc(Br)cc34)cc(C(=O)NCc3ccc(CN)cc3)c2c1. The highest BCUT2D eigenvalue weighted by atomic mass is 79.9. The number of fused-ring (bicyclic) bond motifs is 2. The number of esters is 1. The van der Waals surface area contributed by atoms with Crippen molar-refractivity contribution >= 4 is 49.6 Å². The number of carbonyl (C=O) groups is 2. The lowest BCUT2D eigenvalue weighted by atomic mass is 10.0. The van der Waals surface area contributed by atoms with E-state index in [-0.39, 0.29) is 5.91 Å². The zero-order chi connectivity index (χ0) is 25.2. The van der Waals surface area contributed by atoms with E-state index in [0.717, 1.165) is 32.1 Å². The summed E-state index contributed by atoms with van der Waals surface area (Å²) in [6, 6.07) is 20.5. The van der Waals surface area contributed by atoms with Crippen molar-refractivity contribution < 1.29 is 14.3 Å². The summed E-state index contributed by atoms with van der Waals surface area (Å²) in [6.07, 6.45) is 1.88. The van der Waals surface area contributed by atoms with Crippen LogP contribution in [0.1, 0.15) is 31.8 Å². The minimum atomic E-state index is -0.478. The van der Waals surface area contributed by atoms with Crippen molar-refractivity contribution in [2.45, 2.75) is 13.1 Å². The molecule has 0 spiro atoms. The van der Waals surface area contributed by atoms with E-state index in [1.165, 1.54) is 7.11 Å². The zero-order valence-corrected chi connectivity index (χ0v) is 21.1. The summed E-state index contributed by atoms with van der Waals surface area (Å²) in [5, 5.41) is 4.55. The van der Waals surface area contributed by atoms with E-state index in [1.54, 1.807) is 24.3 Å². The highest BCUT2D eigenvalue weighted by molar-refractivity contribution is 9.10. The van der Waals surface area contributed by atoms with Gasteiger partial charge >= 0.3 is 5.97 Å². The Balaban J connectivity index is 1.59. The maximum Gasteiger partial charge on any atom is 0.337 e. The molecule has 0 atom stereocenters. The Kier molecular flexibility index (Phi) is 6.54. The molecule has 8 heteroatoms.